The van der Waals surface area contributed by atoms with Crippen LogP contribution in [0.15, 0.2) is 24.3 Å². The summed E-state index contributed by atoms with van der Waals surface area (Å²) < 4.78 is 18.2. The van der Waals surface area contributed by atoms with Crippen LogP contribution in [0.25, 0.3) is 6.08 Å². The molecule has 108 valence electrons. The molecule has 1 amide bonds. The Labute approximate surface area is 116 Å². The molecule has 2 N–H and O–H groups in total. The number of hydrogen-bond acceptors (Lipinski definition) is 3. The number of carboxylic acids is 1. The highest BCUT2D eigenvalue weighted by Crippen LogP contribution is 2.20. The molecule has 0 saturated heterocycles. The maximum absolute atomic E-state index is 13.2. The molecule has 1 rings (SSSR count). The van der Waals surface area contributed by atoms with Crippen LogP contribution in [0, 0.1) is 5.82 Å². The van der Waals surface area contributed by atoms with Crippen molar-refractivity contribution < 1.29 is 23.8 Å². The molecule has 0 aromatic heterocycles. The highest BCUT2D eigenvalue weighted by atomic mass is 19.1. The van der Waals surface area contributed by atoms with Crippen LogP contribution in [0.4, 0.5) is 14.9 Å². The average molecular weight is 281 g/mol. The van der Waals surface area contributed by atoms with Gasteiger partial charge in [0, 0.05) is 11.6 Å². The van der Waals surface area contributed by atoms with Gasteiger partial charge in [-0.15, -0.1) is 0 Å². The first-order valence-electron chi connectivity index (χ1n) is 5.88. The minimum Gasteiger partial charge on any atom is -0.478 e. The van der Waals surface area contributed by atoms with E-state index >= 15 is 0 Å². The lowest BCUT2D eigenvalue weighted by Crippen LogP contribution is -2.27. The van der Waals surface area contributed by atoms with Crippen LogP contribution in [0.1, 0.15) is 26.3 Å². The number of carbonyl (C=O) groups is 2. The Morgan fingerprint density at radius 3 is 2.55 bits per heavy atom. The Kier molecular flexibility index (Phi) is 4.85. The van der Waals surface area contributed by atoms with E-state index < -0.39 is 23.5 Å². The molecule has 0 atom stereocenters. The molecule has 0 aliphatic carbocycles. The van der Waals surface area contributed by atoms with E-state index in [1.807, 2.05) is 0 Å². The van der Waals surface area contributed by atoms with Crippen molar-refractivity contribution in [1.29, 1.82) is 0 Å². The Bertz CT molecular complexity index is 547. The number of rotatable bonds is 3. The molecule has 0 saturated carbocycles. The van der Waals surface area contributed by atoms with Gasteiger partial charge in [-0.25, -0.2) is 14.0 Å². The van der Waals surface area contributed by atoms with Crippen LogP contribution in [0.5, 0.6) is 0 Å². The molecule has 1 aromatic rings. The summed E-state index contributed by atoms with van der Waals surface area (Å²) in [4.78, 5) is 22.1. The van der Waals surface area contributed by atoms with E-state index in [0.717, 1.165) is 18.2 Å². The average Bonchev–Trinajstić information content (AvgIpc) is 2.26. The van der Waals surface area contributed by atoms with Crippen molar-refractivity contribution >= 4 is 23.8 Å². The Morgan fingerprint density at radius 2 is 2.00 bits per heavy atom. The normalized spacial score (nSPS) is 11.4. The number of aliphatic carboxylic acids is 1. The fraction of sp³-hybridized carbons (Fsp3) is 0.286. The summed E-state index contributed by atoms with van der Waals surface area (Å²) in [6.45, 7) is 5.13. The first-order valence-corrected chi connectivity index (χ1v) is 5.88. The van der Waals surface area contributed by atoms with Crippen LogP contribution in [0.2, 0.25) is 0 Å². The molecule has 0 bridgehead atoms. The zero-order chi connectivity index (χ0) is 15.3. The number of nitrogens with one attached hydrogen (secondary N) is 1. The summed E-state index contributed by atoms with van der Waals surface area (Å²) in [5.41, 5.74) is -0.169. The van der Waals surface area contributed by atoms with E-state index in [1.54, 1.807) is 20.8 Å². The van der Waals surface area contributed by atoms with Crippen molar-refractivity contribution in [2.45, 2.75) is 26.4 Å². The van der Waals surface area contributed by atoms with Gasteiger partial charge in [-0.3, -0.25) is 5.32 Å². The molecular formula is C14H16FNO4. The second kappa shape index (κ2) is 6.18. The maximum atomic E-state index is 13.2. The molecule has 0 spiro atoms. The van der Waals surface area contributed by atoms with E-state index in [9.17, 15) is 14.0 Å². The zero-order valence-electron chi connectivity index (χ0n) is 11.4. The highest BCUT2D eigenvalue weighted by Gasteiger charge is 2.17. The number of benzene rings is 1. The van der Waals surface area contributed by atoms with Gasteiger partial charge in [-0.05, 0) is 45.0 Å². The second-order valence-corrected chi connectivity index (χ2v) is 5.03. The van der Waals surface area contributed by atoms with Gasteiger partial charge in [0.2, 0.25) is 0 Å². The monoisotopic (exact) mass is 281 g/mol. The molecule has 0 radical (unpaired) electrons. The number of halogens is 1. The van der Waals surface area contributed by atoms with E-state index in [1.165, 1.54) is 12.1 Å². The number of ether oxygens (including phenoxy) is 1. The van der Waals surface area contributed by atoms with Gasteiger partial charge in [-0.1, -0.05) is 0 Å². The van der Waals surface area contributed by atoms with Crippen LogP contribution < -0.4 is 5.32 Å². The van der Waals surface area contributed by atoms with E-state index in [4.69, 9.17) is 9.84 Å². The van der Waals surface area contributed by atoms with Crippen molar-refractivity contribution in [3.63, 3.8) is 0 Å². The molecule has 0 unspecified atom stereocenters. The Balaban J connectivity index is 2.94. The van der Waals surface area contributed by atoms with Crippen LogP contribution in [0.3, 0.4) is 0 Å². The summed E-state index contributed by atoms with van der Waals surface area (Å²) in [6.07, 6.45) is 1.35. The molecule has 1 aromatic carbocycles. The quantitative estimate of drug-likeness (QED) is 0.834. The number of carbonyl (C=O) groups excluding carboxylic acids is 1. The molecule has 6 heteroatoms. The van der Waals surface area contributed by atoms with Crippen LogP contribution in [-0.4, -0.2) is 22.8 Å². The van der Waals surface area contributed by atoms with E-state index in [2.05, 4.69) is 5.32 Å². The van der Waals surface area contributed by atoms with Crippen LogP contribution in [-0.2, 0) is 9.53 Å². The maximum Gasteiger partial charge on any atom is 0.412 e. The predicted molar refractivity (Wildman–Crippen MR) is 72.9 cm³/mol. The van der Waals surface area contributed by atoms with Crippen molar-refractivity contribution in [3.8, 4) is 0 Å². The summed E-state index contributed by atoms with van der Waals surface area (Å²) in [5.74, 6) is -1.71. The SMILES string of the molecule is CC(C)(C)OC(=O)Nc1ccc(F)cc1/C=C/C(=O)O. The fourth-order valence-corrected chi connectivity index (χ4v) is 1.36. The lowest BCUT2D eigenvalue weighted by Gasteiger charge is -2.20. The molecular weight excluding hydrogens is 265 g/mol. The lowest BCUT2D eigenvalue weighted by molar-refractivity contribution is -0.131. The minimum atomic E-state index is -1.17. The summed E-state index contributed by atoms with van der Waals surface area (Å²) in [6, 6.07) is 3.61. The van der Waals surface area contributed by atoms with Gasteiger partial charge >= 0.3 is 12.1 Å². The number of amides is 1. The highest BCUT2D eigenvalue weighted by molar-refractivity contribution is 5.91. The standard InChI is InChI=1S/C14H16FNO4/c1-14(2,3)20-13(19)16-11-6-5-10(15)8-9(11)4-7-12(17)18/h4-8H,1-3H3,(H,16,19)(H,17,18)/b7-4+. The molecule has 0 heterocycles. The first-order chi connectivity index (χ1) is 9.17. The van der Waals surface area contributed by atoms with Gasteiger partial charge in [0.05, 0.1) is 5.69 Å². The van der Waals surface area contributed by atoms with Gasteiger partial charge in [0.15, 0.2) is 0 Å². The zero-order valence-corrected chi connectivity index (χ0v) is 11.4. The fourth-order valence-electron chi connectivity index (χ4n) is 1.36. The minimum absolute atomic E-state index is 0.234. The Hall–Kier alpha value is -2.37. The molecule has 5 nitrogen and oxygen atoms in total. The third-order valence-electron chi connectivity index (χ3n) is 2.05. The van der Waals surface area contributed by atoms with Gasteiger partial charge in [0.25, 0.3) is 0 Å². The van der Waals surface area contributed by atoms with Crippen LogP contribution >= 0.6 is 0 Å². The van der Waals surface area contributed by atoms with Crippen molar-refractivity contribution in [1.82, 2.24) is 0 Å². The summed E-state index contributed by atoms with van der Waals surface area (Å²) in [5, 5.41) is 11.0. The smallest absolute Gasteiger partial charge is 0.412 e. The number of hydrogen-bond donors (Lipinski definition) is 2. The topological polar surface area (TPSA) is 75.6 Å². The number of carboxylic acid groups (broad SMARTS) is 1. The van der Waals surface area contributed by atoms with Gasteiger partial charge < -0.3 is 9.84 Å². The summed E-state index contributed by atoms with van der Waals surface area (Å²) in [7, 11) is 0. The first kappa shape index (κ1) is 15.7. The summed E-state index contributed by atoms with van der Waals surface area (Å²) >= 11 is 0. The third kappa shape index (κ3) is 5.51. The van der Waals surface area contributed by atoms with Gasteiger partial charge in [0.1, 0.15) is 11.4 Å². The Morgan fingerprint density at radius 1 is 1.35 bits per heavy atom. The molecule has 0 aliphatic heterocycles. The van der Waals surface area contributed by atoms with Crippen molar-refractivity contribution in [2.75, 3.05) is 5.32 Å². The third-order valence-corrected chi connectivity index (χ3v) is 2.05. The molecule has 0 fully saturated rings. The van der Waals surface area contributed by atoms with E-state index in [0.29, 0.717) is 0 Å². The molecule has 0 aliphatic rings. The second-order valence-electron chi connectivity index (χ2n) is 5.03. The lowest BCUT2D eigenvalue weighted by atomic mass is 10.1. The van der Waals surface area contributed by atoms with E-state index in [-0.39, 0.29) is 11.3 Å². The van der Waals surface area contributed by atoms with Crippen molar-refractivity contribution in [3.05, 3.63) is 35.7 Å². The predicted octanol–water partition coefficient (Wildman–Crippen LogP) is 3.27. The number of anilines is 1. The van der Waals surface area contributed by atoms with Gasteiger partial charge in [-0.2, -0.15) is 0 Å². The largest absolute Gasteiger partial charge is 0.478 e. The molecule has 20 heavy (non-hydrogen) atoms. The van der Waals surface area contributed by atoms with Crippen molar-refractivity contribution in [2.24, 2.45) is 0 Å².